The molecular formula is C13H24N2O. The molecule has 16 heavy (non-hydrogen) atoms. The molecule has 2 N–H and O–H groups in total. The molecule has 0 saturated carbocycles. The van der Waals surface area contributed by atoms with E-state index in [2.05, 4.69) is 11.8 Å². The summed E-state index contributed by atoms with van der Waals surface area (Å²) in [6, 6.07) is 4.00. The topological polar surface area (TPSA) is 42.4 Å². The Labute approximate surface area is 98.6 Å². The number of rotatable bonds is 9. The molecule has 1 aromatic heterocycles. The summed E-state index contributed by atoms with van der Waals surface area (Å²) in [5.74, 6) is 1.06. The van der Waals surface area contributed by atoms with E-state index in [1.54, 1.807) is 6.26 Å². The van der Waals surface area contributed by atoms with Crippen LogP contribution in [0, 0.1) is 0 Å². The van der Waals surface area contributed by atoms with Crippen molar-refractivity contribution in [3.05, 3.63) is 24.2 Å². The van der Waals surface area contributed by atoms with Crippen LogP contribution in [-0.2, 0) is 6.54 Å². The van der Waals surface area contributed by atoms with Crippen molar-refractivity contribution in [3.63, 3.8) is 0 Å². The molecule has 0 fully saturated rings. The Morgan fingerprint density at radius 1 is 1.25 bits per heavy atom. The lowest BCUT2D eigenvalue weighted by atomic mass is 10.2. The van der Waals surface area contributed by atoms with Gasteiger partial charge in [0.05, 0.1) is 12.8 Å². The van der Waals surface area contributed by atoms with Crippen LogP contribution in [0.25, 0.3) is 0 Å². The van der Waals surface area contributed by atoms with Gasteiger partial charge in [0.2, 0.25) is 0 Å². The van der Waals surface area contributed by atoms with Crippen LogP contribution in [0.5, 0.6) is 0 Å². The molecule has 0 radical (unpaired) electrons. The van der Waals surface area contributed by atoms with Crippen LogP contribution in [0.4, 0.5) is 0 Å². The standard InChI is InChI=1S/C13H24N2O/c1-2-9-15(10-5-3-4-8-14)12-13-7-6-11-16-13/h6-7,11H,2-5,8-10,12,14H2,1H3. The average Bonchev–Trinajstić information content (AvgIpc) is 2.77. The number of hydrogen-bond acceptors (Lipinski definition) is 3. The summed E-state index contributed by atoms with van der Waals surface area (Å²) in [4.78, 5) is 2.45. The highest BCUT2D eigenvalue weighted by Crippen LogP contribution is 2.07. The minimum absolute atomic E-state index is 0.811. The molecule has 0 bridgehead atoms. The molecular weight excluding hydrogens is 200 g/mol. The fourth-order valence-corrected chi connectivity index (χ4v) is 1.87. The second-order valence-corrected chi connectivity index (χ2v) is 4.20. The second kappa shape index (κ2) is 8.36. The average molecular weight is 224 g/mol. The lowest BCUT2D eigenvalue weighted by molar-refractivity contribution is 0.239. The molecule has 3 nitrogen and oxygen atoms in total. The molecule has 3 heteroatoms. The van der Waals surface area contributed by atoms with Gasteiger partial charge in [0.1, 0.15) is 5.76 Å². The molecule has 0 unspecified atom stereocenters. The largest absolute Gasteiger partial charge is 0.468 e. The highest BCUT2D eigenvalue weighted by Gasteiger charge is 2.06. The van der Waals surface area contributed by atoms with E-state index in [0.717, 1.165) is 38.4 Å². The highest BCUT2D eigenvalue weighted by atomic mass is 16.3. The number of hydrogen-bond donors (Lipinski definition) is 1. The van der Waals surface area contributed by atoms with Crippen LogP contribution in [0.2, 0.25) is 0 Å². The highest BCUT2D eigenvalue weighted by molar-refractivity contribution is 4.97. The molecule has 1 rings (SSSR count). The van der Waals surface area contributed by atoms with E-state index in [1.165, 1.54) is 19.3 Å². The molecule has 1 aromatic rings. The monoisotopic (exact) mass is 224 g/mol. The van der Waals surface area contributed by atoms with E-state index in [4.69, 9.17) is 10.2 Å². The van der Waals surface area contributed by atoms with Gasteiger partial charge in [0.15, 0.2) is 0 Å². The summed E-state index contributed by atoms with van der Waals surface area (Å²) >= 11 is 0. The Morgan fingerprint density at radius 2 is 2.12 bits per heavy atom. The van der Waals surface area contributed by atoms with Crippen LogP contribution < -0.4 is 5.73 Å². The zero-order valence-electron chi connectivity index (χ0n) is 10.3. The van der Waals surface area contributed by atoms with Crippen molar-refractivity contribution in [2.45, 2.75) is 39.2 Å². The number of nitrogens with two attached hydrogens (primary N) is 1. The van der Waals surface area contributed by atoms with E-state index in [9.17, 15) is 0 Å². The van der Waals surface area contributed by atoms with Gasteiger partial charge < -0.3 is 10.2 Å². The van der Waals surface area contributed by atoms with Gasteiger partial charge in [-0.15, -0.1) is 0 Å². The minimum atomic E-state index is 0.811. The Balaban J connectivity index is 2.24. The first-order valence-corrected chi connectivity index (χ1v) is 6.31. The first kappa shape index (κ1) is 13.3. The summed E-state index contributed by atoms with van der Waals surface area (Å²) in [5, 5.41) is 0. The lowest BCUT2D eigenvalue weighted by Gasteiger charge is -2.20. The zero-order chi connectivity index (χ0) is 11.6. The van der Waals surface area contributed by atoms with Crippen molar-refractivity contribution in [3.8, 4) is 0 Å². The number of nitrogens with zero attached hydrogens (tertiary/aromatic N) is 1. The maximum atomic E-state index is 5.49. The zero-order valence-corrected chi connectivity index (χ0v) is 10.3. The van der Waals surface area contributed by atoms with Crippen LogP contribution >= 0.6 is 0 Å². The molecule has 0 spiro atoms. The summed E-state index contributed by atoms with van der Waals surface area (Å²) in [6.45, 7) is 6.25. The van der Waals surface area contributed by atoms with Crippen molar-refractivity contribution in [2.24, 2.45) is 5.73 Å². The van der Waals surface area contributed by atoms with Gasteiger partial charge in [0.25, 0.3) is 0 Å². The quantitative estimate of drug-likeness (QED) is 0.656. The van der Waals surface area contributed by atoms with Crippen molar-refractivity contribution in [2.75, 3.05) is 19.6 Å². The Bertz CT molecular complexity index is 246. The van der Waals surface area contributed by atoms with Crippen molar-refractivity contribution in [1.29, 1.82) is 0 Å². The molecule has 92 valence electrons. The van der Waals surface area contributed by atoms with E-state index in [0.29, 0.717) is 0 Å². The van der Waals surface area contributed by atoms with E-state index in [-0.39, 0.29) is 0 Å². The van der Waals surface area contributed by atoms with Gasteiger partial charge in [-0.1, -0.05) is 13.3 Å². The second-order valence-electron chi connectivity index (χ2n) is 4.20. The van der Waals surface area contributed by atoms with Crippen LogP contribution in [0.1, 0.15) is 38.4 Å². The molecule has 0 aliphatic carbocycles. The van der Waals surface area contributed by atoms with Crippen LogP contribution in [0.3, 0.4) is 0 Å². The molecule has 0 saturated heterocycles. The first-order valence-electron chi connectivity index (χ1n) is 6.31. The van der Waals surface area contributed by atoms with Gasteiger partial charge in [-0.2, -0.15) is 0 Å². The van der Waals surface area contributed by atoms with Gasteiger partial charge in [-0.05, 0) is 51.0 Å². The molecule has 0 aliphatic heterocycles. The fourth-order valence-electron chi connectivity index (χ4n) is 1.87. The maximum absolute atomic E-state index is 5.49. The summed E-state index contributed by atoms with van der Waals surface area (Å²) in [7, 11) is 0. The molecule has 0 aromatic carbocycles. The summed E-state index contributed by atoms with van der Waals surface area (Å²) in [5.41, 5.74) is 5.49. The third-order valence-corrected chi connectivity index (χ3v) is 2.68. The summed E-state index contributed by atoms with van der Waals surface area (Å²) in [6.07, 6.45) is 6.54. The summed E-state index contributed by atoms with van der Waals surface area (Å²) < 4.78 is 5.38. The maximum Gasteiger partial charge on any atom is 0.117 e. The molecule has 0 aliphatic rings. The minimum Gasteiger partial charge on any atom is -0.468 e. The Morgan fingerprint density at radius 3 is 2.75 bits per heavy atom. The molecule has 0 amide bonds. The normalized spacial score (nSPS) is 11.2. The third-order valence-electron chi connectivity index (χ3n) is 2.68. The van der Waals surface area contributed by atoms with Gasteiger partial charge in [-0.3, -0.25) is 4.90 Å². The van der Waals surface area contributed by atoms with Crippen LogP contribution in [-0.4, -0.2) is 24.5 Å². The predicted molar refractivity (Wildman–Crippen MR) is 67.2 cm³/mol. The predicted octanol–water partition coefficient (Wildman–Crippen LogP) is 2.62. The van der Waals surface area contributed by atoms with Crippen molar-refractivity contribution in [1.82, 2.24) is 4.90 Å². The Kier molecular flexibility index (Phi) is 6.93. The smallest absolute Gasteiger partial charge is 0.117 e. The molecule has 1 heterocycles. The fraction of sp³-hybridized carbons (Fsp3) is 0.692. The van der Waals surface area contributed by atoms with Crippen molar-refractivity contribution < 1.29 is 4.42 Å². The SMILES string of the molecule is CCCN(CCCCCN)Cc1ccco1. The van der Waals surface area contributed by atoms with Crippen LogP contribution in [0.15, 0.2) is 22.8 Å². The van der Waals surface area contributed by atoms with Crippen molar-refractivity contribution >= 4 is 0 Å². The van der Waals surface area contributed by atoms with Gasteiger partial charge in [-0.25, -0.2) is 0 Å². The number of furan rings is 1. The first-order chi connectivity index (χ1) is 7.86. The third kappa shape index (κ3) is 5.33. The molecule has 0 atom stereocenters. The van der Waals surface area contributed by atoms with Gasteiger partial charge >= 0.3 is 0 Å². The lowest BCUT2D eigenvalue weighted by Crippen LogP contribution is -2.25. The van der Waals surface area contributed by atoms with E-state index < -0.39 is 0 Å². The Hall–Kier alpha value is -0.800. The number of unbranched alkanes of at least 4 members (excludes halogenated alkanes) is 2. The van der Waals surface area contributed by atoms with E-state index >= 15 is 0 Å². The van der Waals surface area contributed by atoms with E-state index in [1.807, 2.05) is 12.1 Å². The van der Waals surface area contributed by atoms with Gasteiger partial charge in [0, 0.05) is 0 Å².